The fraction of sp³-hybridized carbons (Fsp3) is 0.462. The summed E-state index contributed by atoms with van der Waals surface area (Å²) in [5, 5.41) is 14.0. The molecule has 2 amide bonds. The van der Waals surface area contributed by atoms with Gasteiger partial charge in [0.05, 0.1) is 6.26 Å². The Morgan fingerprint density at radius 3 is 2.60 bits per heavy atom. The fourth-order valence-corrected chi connectivity index (χ4v) is 1.45. The van der Waals surface area contributed by atoms with Gasteiger partial charge in [-0.3, -0.25) is 9.59 Å². The van der Waals surface area contributed by atoms with Crippen LogP contribution in [0.2, 0.25) is 0 Å². The molecule has 0 saturated carbocycles. The summed E-state index contributed by atoms with van der Waals surface area (Å²) in [6.45, 7) is 3.21. The predicted molar refractivity (Wildman–Crippen MR) is 70.1 cm³/mol. The van der Waals surface area contributed by atoms with E-state index in [2.05, 4.69) is 10.6 Å². The highest BCUT2D eigenvalue weighted by Gasteiger charge is 2.32. The van der Waals surface area contributed by atoms with Gasteiger partial charge in [0.25, 0.3) is 5.91 Å². The zero-order chi connectivity index (χ0) is 15.2. The molecule has 0 bridgehead atoms. The van der Waals surface area contributed by atoms with Gasteiger partial charge in [0, 0.05) is 13.0 Å². The van der Waals surface area contributed by atoms with Gasteiger partial charge in [-0.05, 0) is 25.5 Å². The van der Waals surface area contributed by atoms with Gasteiger partial charge in [-0.25, -0.2) is 4.79 Å². The lowest BCUT2D eigenvalue weighted by molar-refractivity contribution is -0.147. The first-order valence-electron chi connectivity index (χ1n) is 6.25. The van der Waals surface area contributed by atoms with E-state index in [4.69, 9.17) is 9.52 Å². The minimum Gasteiger partial charge on any atom is -0.480 e. The molecule has 3 N–H and O–H groups in total. The number of carboxylic acid groups (broad SMARTS) is 1. The summed E-state index contributed by atoms with van der Waals surface area (Å²) in [5.74, 6) is -1.78. The highest BCUT2D eigenvalue weighted by Crippen LogP contribution is 2.09. The topological polar surface area (TPSA) is 109 Å². The molecule has 0 saturated heterocycles. The Hall–Kier alpha value is -2.31. The van der Waals surface area contributed by atoms with Crippen molar-refractivity contribution in [2.24, 2.45) is 0 Å². The van der Waals surface area contributed by atoms with Crippen LogP contribution < -0.4 is 10.6 Å². The first-order valence-corrected chi connectivity index (χ1v) is 6.25. The van der Waals surface area contributed by atoms with Crippen molar-refractivity contribution in [2.75, 3.05) is 6.54 Å². The smallest absolute Gasteiger partial charge is 0.329 e. The number of carboxylic acids is 1. The summed E-state index contributed by atoms with van der Waals surface area (Å²) in [4.78, 5) is 34.2. The number of furan rings is 1. The highest BCUT2D eigenvalue weighted by molar-refractivity contribution is 5.92. The first-order chi connectivity index (χ1) is 9.39. The van der Waals surface area contributed by atoms with E-state index in [1.54, 1.807) is 13.0 Å². The molecule has 0 fully saturated rings. The summed E-state index contributed by atoms with van der Waals surface area (Å²) < 4.78 is 4.89. The Bertz CT molecular complexity index is 483. The second kappa shape index (κ2) is 6.74. The van der Waals surface area contributed by atoms with Gasteiger partial charge < -0.3 is 20.2 Å². The van der Waals surface area contributed by atoms with Crippen LogP contribution in [0.5, 0.6) is 0 Å². The van der Waals surface area contributed by atoms with Crippen molar-refractivity contribution >= 4 is 17.8 Å². The summed E-state index contributed by atoms with van der Waals surface area (Å²) in [7, 11) is 0. The van der Waals surface area contributed by atoms with Gasteiger partial charge in [-0.1, -0.05) is 6.92 Å². The van der Waals surface area contributed by atoms with Gasteiger partial charge in [-0.15, -0.1) is 0 Å². The molecular weight excluding hydrogens is 264 g/mol. The molecule has 1 aromatic heterocycles. The molecule has 20 heavy (non-hydrogen) atoms. The molecule has 1 unspecified atom stereocenters. The molecule has 7 heteroatoms. The number of aliphatic carboxylic acids is 1. The van der Waals surface area contributed by atoms with E-state index in [9.17, 15) is 14.4 Å². The van der Waals surface area contributed by atoms with Gasteiger partial charge >= 0.3 is 5.97 Å². The second-order valence-corrected chi connectivity index (χ2v) is 4.52. The average molecular weight is 282 g/mol. The maximum absolute atomic E-state index is 11.6. The maximum Gasteiger partial charge on any atom is 0.329 e. The number of rotatable bonds is 7. The molecule has 0 aromatic carbocycles. The van der Waals surface area contributed by atoms with Crippen LogP contribution >= 0.6 is 0 Å². The van der Waals surface area contributed by atoms with E-state index in [0.717, 1.165) is 0 Å². The molecular formula is C13H18N2O5. The molecule has 0 aliphatic rings. The molecule has 0 spiro atoms. The van der Waals surface area contributed by atoms with Gasteiger partial charge in [0.1, 0.15) is 5.54 Å². The number of nitrogens with one attached hydrogen (secondary N) is 2. The van der Waals surface area contributed by atoms with Crippen LogP contribution in [0.3, 0.4) is 0 Å². The number of carbonyl (C=O) groups is 3. The normalized spacial score (nSPS) is 13.3. The van der Waals surface area contributed by atoms with E-state index < -0.39 is 23.3 Å². The second-order valence-electron chi connectivity index (χ2n) is 4.52. The molecule has 1 aromatic rings. The van der Waals surface area contributed by atoms with Crippen molar-refractivity contribution in [3.05, 3.63) is 24.2 Å². The quantitative estimate of drug-likeness (QED) is 0.684. The largest absolute Gasteiger partial charge is 0.480 e. The van der Waals surface area contributed by atoms with Gasteiger partial charge in [-0.2, -0.15) is 0 Å². The van der Waals surface area contributed by atoms with Crippen molar-refractivity contribution in [1.82, 2.24) is 10.6 Å². The van der Waals surface area contributed by atoms with E-state index in [0.29, 0.717) is 0 Å². The third-order valence-corrected chi connectivity index (χ3v) is 2.98. The van der Waals surface area contributed by atoms with E-state index >= 15 is 0 Å². The Morgan fingerprint density at radius 2 is 2.10 bits per heavy atom. The molecule has 1 atom stereocenters. The van der Waals surface area contributed by atoms with Crippen molar-refractivity contribution in [1.29, 1.82) is 0 Å². The Labute approximate surface area is 116 Å². The Morgan fingerprint density at radius 1 is 1.40 bits per heavy atom. The lowest BCUT2D eigenvalue weighted by Crippen LogP contribution is -2.52. The van der Waals surface area contributed by atoms with Crippen molar-refractivity contribution in [3.63, 3.8) is 0 Å². The zero-order valence-corrected chi connectivity index (χ0v) is 11.4. The van der Waals surface area contributed by atoms with Crippen LogP contribution in [-0.4, -0.2) is 35.0 Å². The van der Waals surface area contributed by atoms with Crippen LogP contribution in [0.25, 0.3) is 0 Å². The number of amides is 2. The first kappa shape index (κ1) is 15.7. The number of hydrogen-bond acceptors (Lipinski definition) is 4. The summed E-state index contributed by atoms with van der Waals surface area (Å²) >= 11 is 0. The van der Waals surface area contributed by atoms with Crippen molar-refractivity contribution in [3.8, 4) is 0 Å². The number of hydrogen-bond donors (Lipinski definition) is 3. The summed E-state index contributed by atoms with van der Waals surface area (Å²) in [6.07, 6.45) is 1.64. The third-order valence-electron chi connectivity index (χ3n) is 2.98. The Balaban J connectivity index is 2.37. The predicted octanol–water partition coefficient (Wildman–Crippen LogP) is 0.769. The lowest BCUT2D eigenvalue weighted by Gasteiger charge is -2.24. The standard InChI is InChI=1S/C13H18N2O5/c1-3-13(2,12(18)19)15-10(16)6-7-14-11(17)9-5-4-8-20-9/h4-5,8H,3,6-7H2,1-2H3,(H,14,17)(H,15,16)(H,18,19). The van der Waals surface area contributed by atoms with Gasteiger partial charge in [0.15, 0.2) is 5.76 Å². The average Bonchev–Trinajstić information content (AvgIpc) is 2.92. The summed E-state index contributed by atoms with van der Waals surface area (Å²) in [5.41, 5.74) is -1.29. The Kier molecular flexibility index (Phi) is 5.31. The van der Waals surface area contributed by atoms with Crippen LogP contribution in [0.15, 0.2) is 22.8 Å². The fourth-order valence-electron chi connectivity index (χ4n) is 1.45. The number of carbonyl (C=O) groups excluding carboxylic acids is 2. The molecule has 110 valence electrons. The van der Waals surface area contributed by atoms with E-state index in [1.807, 2.05) is 0 Å². The molecule has 7 nitrogen and oxygen atoms in total. The summed E-state index contributed by atoms with van der Waals surface area (Å²) in [6, 6.07) is 3.09. The maximum atomic E-state index is 11.6. The van der Waals surface area contributed by atoms with Crippen LogP contribution in [-0.2, 0) is 9.59 Å². The molecule has 0 aliphatic carbocycles. The van der Waals surface area contributed by atoms with Crippen molar-refractivity contribution < 1.29 is 23.9 Å². The van der Waals surface area contributed by atoms with Crippen molar-refractivity contribution in [2.45, 2.75) is 32.2 Å². The van der Waals surface area contributed by atoms with E-state index in [1.165, 1.54) is 19.3 Å². The SMILES string of the molecule is CCC(C)(NC(=O)CCNC(=O)c1ccco1)C(=O)O. The van der Waals surface area contributed by atoms with E-state index in [-0.39, 0.29) is 25.1 Å². The molecule has 0 aliphatic heterocycles. The lowest BCUT2D eigenvalue weighted by atomic mass is 9.99. The van der Waals surface area contributed by atoms with Crippen LogP contribution in [0, 0.1) is 0 Å². The minimum atomic E-state index is -1.29. The minimum absolute atomic E-state index is 0.00464. The molecule has 1 heterocycles. The monoisotopic (exact) mass is 282 g/mol. The van der Waals surface area contributed by atoms with Gasteiger partial charge in [0.2, 0.25) is 5.91 Å². The zero-order valence-electron chi connectivity index (χ0n) is 11.4. The molecule has 1 rings (SSSR count). The highest BCUT2D eigenvalue weighted by atomic mass is 16.4. The van der Waals surface area contributed by atoms with Crippen LogP contribution in [0.1, 0.15) is 37.2 Å². The van der Waals surface area contributed by atoms with Crippen LogP contribution in [0.4, 0.5) is 0 Å². The molecule has 0 radical (unpaired) electrons. The third kappa shape index (κ3) is 4.11.